The number of hydrogen-bond acceptors (Lipinski definition) is 3. The van der Waals surface area contributed by atoms with Crippen molar-refractivity contribution in [1.29, 1.82) is 0 Å². The first-order chi connectivity index (χ1) is 15.0. The third kappa shape index (κ3) is 7.42. The molecule has 2 aromatic rings. The number of nitrogens with zero attached hydrogens (tertiary/aromatic N) is 1. The summed E-state index contributed by atoms with van der Waals surface area (Å²) in [5.74, 6) is 1.64. The largest absolute Gasteiger partial charge is 0.352 e. The molecule has 31 heavy (non-hydrogen) atoms. The highest BCUT2D eigenvalue weighted by Gasteiger charge is 2.28. The molecule has 0 saturated heterocycles. The molecule has 5 heteroatoms. The smallest absolute Gasteiger partial charge is 0.242 e. The van der Waals surface area contributed by atoms with Gasteiger partial charge in [0, 0.05) is 30.5 Å². The van der Waals surface area contributed by atoms with Gasteiger partial charge in [-0.05, 0) is 37.8 Å². The molecule has 0 bridgehead atoms. The van der Waals surface area contributed by atoms with Crippen molar-refractivity contribution in [2.75, 3.05) is 5.75 Å². The zero-order valence-corrected chi connectivity index (χ0v) is 19.5. The van der Waals surface area contributed by atoms with Crippen molar-refractivity contribution in [1.82, 2.24) is 10.2 Å². The fourth-order valence-corrected chi connectivity index (χ4v) is 4.94. The van der Waals surface area contributed by atoms with E-state index in [0.29, 0.717) is 13.0 Å². The number of benzene rings is 2. The quantitative estimate of drug-likeness (QED) is 0.526. The summed E-state index contributed by atoms with van der Waals surface area (Å²) in [6, 6.07) is 18.2. The van der Waals surface area contributed by atoms with Gasteiger partial charge in [-0.2, -0.15) is 11.8 Å². The highest BCUT2D eigenvalue weighted by molar-refractivity contribution is 7.98. The van der Waals surface area contributed by atoms with Crippen molar-refractivity contribution >= 4 is 23.6 Å². The van der Waals surface area contributed by atoms with E-state index in [-0.39, 0.29) is 17.9 Å². The molecule has 1 aliphatic rings. The van der Waals surface area contributed by atoms with Gasteiger partial charge in [0.05, 0.1) is 0 Å². The van der Waals surface area contributed by atoms with Crippen molar-refractivity contribution in [2.45, 2.75) is 70.3 Å². The molecule has 3 rings (SSSR count). The molecule has 1 aliphatic carbocycles. The molecule has 2 aromatic carbocycles. The molecule has 1 fully saturated rings. The second-order valence-electron chi connectivity index (χ2n) is 8.46. The van der Waals surface area contributed by atoms with Gasteiger partial charge in [-0.25, -0.2) is 0 Å². The van der Waals surface area contributed by atoms with Gasteiger partial charge in [0.1, 0.15) is 6.04 Å². The molecule has 1 N–H and O–H groups in total. The summed E-state index contributed by atoms with van der Waals surface area (Å²) >= 11 is 1.76. The Morgan fingerprint density at radius 1 is 1.06 bits per heavy atom. The lowest BCUT2D eigenvalue weighted by Gasteiger charge is -2.30. The van der Waals surface area contributed by atoms with E-state index in [9.17, 15) is 9.59 Å². The van der Waals surface area contributed by atoms with Gasteiger partial charge in [-0.15, -0.1) is 0 Å². The van der Waals surface area contributed by atoms with Crippen LogP contribution in [-0.2, 0) is 21.9 Å². The minimum absolute atomic E-state index is 0.0372. The molecule has 0 radical (unpaired) electrons. The van der Waals surface area contributed by atoms with E-state index in [1.165, 1.54) is 18.4 Å². The van der Waals surface area contributed by atoms with Crippen LogP contribution in [0.15, 0.2) is 54.6 Å². The molecule has 1 atom stereocenters. The summed E-state index contributed by atoms with van der Waals surface area (Å²) in [6.45, 7) is 4.37. The lowest BCUT2D eigenvalue weighted by molar-refractivity contribution is -0.140. The van der Waals surface area contributed by atoms with Gasteiger partial charge in [0.15, 0.2) is 0 Å². The van der Waals surface area contributed by atoms with Crippen LogP contribution in [0.4, 0.5) is 0 Å². The summed E-state index contributed by atoms with van der Waals surface area (Å²) in [7, 11) is 0. The maximum Gasteiger partial charge on any atom is 0.242 e. The number of carbonyl (C=O) groups is 2. The third-order valence-electron chi connectivity index (χ3n) is 5.88. The van der Waals surface area contributed by atoms with Crippen LogP contribution in [0.2, 0.25) is 0 Å². The molecule has 166 valence electrons. The summed E-state index contributed by atoms with van der Waals surface area (Å²) in [5.41, 5.74) is 3.48. The van der Waals surface area contributed by atoms with Crippen molar-refractivity contribution in [3.8, 4) is 0 Å². The van der Waals surface area contributed by atoms with Crippen LogP contribution in [-0.4, -0.2) is 34.6 Å². The van der Waals surface area contributed by atoms with E-state index in [2.05, 4.69) is 23.5 Å². The molecule has 1 saturated carbocycles. The Bertz CT molecular complexity index is 849. The van der Waals surface area contributed by atoms with Crippen LogP contribution < -0.4 is 5.32 Å². The first kappa shape index (κ1) is 23.4. The van der Waals surface area contributed by atoms with Crippen LogP contribution in [0.3, 0.4) is 0 Å². The number of carbonyl (C=O) groups excluding carboxylic acids is 2. The van der Waals surface area contributed by atoms with Crippen molar-refractivity contribution in [3.05, 3.63) is 71.3 Å². The number of nitrogens with one attached hydrogen (secondary N) is 1. The number of rotatable bonds is 10. The van der Waals surface area contributed by atoms with Gasteiger partial charge < -0.3 is 10.2 Å². The third-order valence-corrected chi connectivity index (χ3v) is 6.91. The summed E-state index contributed by atoms with van der Waals surface area (Å²) in [6.07, 6.45) is 4.86. The zero-order valence-electron chi connectivity index (χ0n) is 18.7. The van der Waals surface area contributed by atoms with Crippen LogP contribution >= 0.6 is 11.8 Å². The normalized spacial score (nSPS) is 14.9. The average molecular weight is 439 g/mol. The van der Waals surface area contributed by atoms with Gasteiger partial charge in [-0.3, -0.25) is 9.59 Å². The highest BCUT2D eigenvalue weighted by Crippen LogP contribution is 2.19. The fraction of sp³-hybridized carbons (Fsp3) is 0.462. The summed E-state index contributed by atoms with van der Waals surface area (Å²) < 4.78 is 0. The number of aryl methyl sites for hydroxylation is 1. The summed E-state index contributed by atoms with van der Waals surface area (Å²) in [4.78, 5) is 27.8. The molecule has 0 unspecified atom stereocenters. The Balaban J connectivity index is 1.60. The number of hydrogen-bond donors (Lipinski definition) is 1. The van der Waals surface area contributed by atoms with E-state index in [4.69, 9.17) is 0 Å². The Labute approximate surface area is 190 Å². The maximum atomic E-state index is 13.2. The van der Waals surface area contributed by atoms with Crippen molar-refractivity contribution in [2.24, 2.45) is 0 Å². The van der Waals surface area contributed by atoms with Gasteiger partial charge in [0.25, 0.3) is 0 Å². The van der Waals surface area contributed by atoms with E-state index >= 15 is 0 Å². The standard InChI is InChI=1S/C26H34N2O2S/c1-20-9-8-12-23(17-20)18-28(21(2)26(30)27-24-13-6-7-14-24)25(29)15-16-31-19-22-10-4-3-5-11-22/h3-5,8-12,17,21,24H,6-7,13-16,18-19H2,1-2H3,(H,27,30)/t21-/m1/s1. The zero-order chi connectivity index (χ0) is 22.1. The Hall–Kier alpha value is -2.27. The predicted molar refractivity (Wildman–Crippen MR) is 129 cm³/mol. The minimum atomic E-state index is -0.479. The fourth-order valence-electron chi connectivity index (χ4n) is 4.05. The van der Waals surface area contributed by atoms with Crippen molar-refractivity contribution < 1.29 is 9.59 Å². The van der Waals surface area contributed by atoms with Gasteiger partial charge in [-0.1, -0.05) is 73.0 Å². The van der Waals surface area contributed by atoms with E-state index < -0.39 is 6.04 Å². The maximum absolute atomic E-state index is 13.2. The first-order valence-electron chi connectivity index (χ1n) is 11.3. The highest BCUT2D eigenvalue weighted by atomic mass is 32.2. The van der Waals surface area contributed by atoms with Gasteiger partial charge >= 0.3 is 0 Å². The van der Waals surface area contributed by atoms with Gasteiger partial charge in [0.2, 0.25) is 11.8 Å². The molecule has 0 heterocycles. The lowest BCUT2D eigenvalue weighted by atomic mass is 10.1. The second-order valence-corrected chi connectivity index (χ2v) is 9.57. The van der Waals surface area contributed by atoms with Crippen LogP contribution in [0.25, 0.3) is 0 Å². The molecule has 0 aliphatic heterocycles. The first-order valence-corrected chi connectivity index (χ1v) is 12.5. The van der Waals surface area contributed by atoms with Crippen LogP contribution in [0, 0.1) is 6.92 Å². The predicted octanol–water partition coefficient (Wildman–Crippen LogP) is 5.09. The Morgan fingerprint density at radius 2 is 1.77 bits per heavy atom. The Morgan fingerprint density at radius 3 is 2.48 bits per heavy atom. The lowest BCUT2D eigenvalue weighted by Crippen LogP contribution is -2.49. The molecule has 0 spiro atoms. The molecule has 2 amide bonds. The molecular formula is C26H34N2O2S. The molecule has 0 aromatic heterocycles. The second kappa shape index (κ2) is 11.9. The SMILES string of the molecule is Cc1cccc(CN(C(=O)CCSCc2ccccc2)[C@H](C)C(=O)NC2CCCC2)c1. The topological polar surface area (TPSA) is 49.4 Å². The molecular weight excluding hydrogens is 404 g/mol. The van der Waals surface area contributed by atoms with Crippen LogP contribution in [0.5, 0.6) is 0 Å². The van der Waals surface area contributed by atoms with E-state index in [0.717, 1.165) is 35.5 Å². The number of amides is 2. The van der Waals surface area contributed by atoms with Crippen molar-refractivity contribution in [3.63, 3.8) is 0 Å². The Kier molecular flexibility index (Phi) is 9.01. The summed E-state index contributed by atoms with van der Waals surface area (Å²) in [5, 5.41) is 3.16. The molecule has 4 nitrogen and oxygen atoms in total. The van der Waals surface area contributed by atoms with E-state index in [1.807, 2.05) is 50.2 Å². The minimum Gasteiger partial charge on any atom is -0.352 e. The van der Waals surface area contributed by atoms with E-state index in [1.54, 1.807) is 16.7 Å². The average Bonchev–Trinajstić information content (AvgIpc) is 3.28. The monoisotopic (exact) mass is 438 g/mol. The van der Waals surface area contributed by atoms with Crippen LogP contribution in [0.1, 0.15) is 55.7 Å². The number of thioether (sulfide) groups is 1.